The summed E-state index contributed by atoms with van der Waals surface area (Å²) in [6.45, 7) is -3.11. The van der Waals surface area contributed by atoms with Gasteiger partial charge in [-0.1, -0.05) is 23.2 Å². The quantitative estimate of drug-likeness (QED) is 0.508. The Morgan fingerprint density at radius 3 is 2.48 bits per heavy atom. The Hall–Kier alpha value is -2.45. The molecule has 0 aromatic heterocycles. The Morgan fingerprint density at radius 1 is 1.15 bits per heavy atom. The van der Waals surface area contributed by atoms with Gasteiger partial charge < -0.3 is 25.3 Å². The molecule has 0 fully saturated rings. The maximum atomic E-state index is 12.6. The van der Waals surface area contributed by atoms with Crippen LogP contribution in [0.4, 0.5) is 14.5 Å². The van der Waals surface area contributed by atoms with Gasteiger partial charge >= 0.3 is 6.61 Å². The van der Waals surface area contributed by atoms with E-state index in [9.17, 15) is 8.78 Å². The number of guanidine groups is 1. The molecule has 2 aromatic carbocycles. The number of nitrogens with zero attached hydrogens (tertiary/aromatic N) is 1. The second-order valence-electron chi connectivity index (χ2n) is 5.15. The fourth-order valence-corrected chi connectivity index (χ4v) is 2.80. The number of halogens is 4. The second-order valence-corrected chi connectivity index (χ2v) is 5.99. The van der Waals surface area contributed by atoms with Crippen LogP contribution in [0.3, 0.4) is 0 Å². The molecule has 0 bridgehead atoms. The van der Waals surface area contributed by atoms with Crippen LogP contribution in [0.5, 0.6) is 17.2 Å². The molecule has 27 heavy (non-hydrogen) atoms. The van der Waals surface area contributed by atoms with Crippen LogP contribution < -0.4 is 25.3 Å². The van der Waals surface area contributed by atoms with Crippen molar-refractivity contribution in [3.05, 3.63) is 45.9 Å². The van der Waals surface area contributed by atoms with E-state index in [1.54, 1.807) is 18.2 Å². The second kappa shape index (κ2) is 9.48. The molecule has 0 saturated carbocycles. The molecule has 146 valence electrons. The molecular formula is C17H17Cl2F2N3O3. The smallest absolute Gasteiger partial charge is 0.387 e. The first-order valence-electron chi connectivity index (χ1n) is 7.55. The molecule has 0 atom stereocenters. The van der Waals surface area contributed by atoms with Gasteiger partial charge in [-0.2, -0.15) is 8.78 Å². The van der Waals surface area contributed by atoms with Gasteiger partial charge in [0, 0.05) is 22.3 Å². The van der Waals surface area contributed by atoms with E-state index < -0.39 is 6.61 Å². The van der Waals surface area contributed by atoms with Crippen LogP contribution in [0, 0.1) is 0 Å². The SMILES string of the molecule is COc1ccc(NC(N)=NCc2cc(Cl)cc(Cl)c2OC(F)F)cc1OC. The summed E-state index contributed by atoms with van der Waals surface area (Å²) in [4.78, 5) is 4.11. The van der Waals surface area contributed by atoms with Gasteiger partial charge in [-0.25, -0.2) is 4.99 Å². The van der Waals surface area contributed by atoms with Crippen molar-refractivity contribution in [2.45, 2.75) is 13.2 Å². The molecular weight excluding hydrogens is 403 g/mol. The minimum atomic E-state index is -3.03. The molecule has 0 aliphatic rings. The van der Waals surface area contributed by atoms with E-state index >= 15 is 0 Å². The molecule has 0 radical (unpaired) electrons. The van der Waals surface area contributed by atoms with Crippen molar-refractivity contribution in [1.82, 2.24) is 0 Å². The fourth-order valence-electron chi connectivity index (χ4n) is 2.22. The molecule has 0 amide bonds. The number of nitrogens with two attached hydrogens (primary N) is 1. The van der Waals surface area contributed by atoms with Crippen molar-refractivity contribution in [2.75, 3.05) is 19.5 Å². The van der Waals surface area contributed by atoms with Crippen LogP contribution in [0.25, 0.3) is 0 Å². The summed E-state index contributed by atoms with van der Waals surface area (Å²) >= 11 is 11.8. The van der Waals surface area contributed by atoms with Gasteiger partial charge in [0.1, 0.15) is 5.75 Å². The molecule has 0 aliphatic carbocycles. The van der Waals surface area contributed by atoms with Gasteiger partial charge in [-0.05, 0) is 24.3 Å². The van der Waals surface area contributed by atoms with E-state index in [1.165, 1.54) is 26.4 Å². The number of aliphatic imine (C=N–C) groups is 1. The molecule has 0 saturated heterocycles. The fraction of sp³-hybridized carbons (Fsp3) is 0.235. The standard InChI is InChI=1S/C17H17Cl2F2N3O3/c1-25-13-4-3-11(7-14(13)26-2)24-17(22)23-8-9-5-10(18)6-12(19)15(9)27-16(20)21/h3-7,16H,8H2,1-2H3,(H3,22,23,24). The van der Waals surface area contributed by atoms with Gasteiger partial charge in [-0.3, -0.25) is 0 Å². The molecule has 0 spiro atoms. The molecule has 3 N–H and O–H groups in total. The van der Waals surface area contributed by atoms with Crippen LogP contribution in [0.1, 0.15) is 5.56 Å². The largest absolute Gasteiger partial charge is 0.493 e. The van der Waals surface area contributed by atoms with Crippen molar-refractivity contribution >= 4 is 34.8 Å². The molecule has 0 unspecified atom stereocenters. The first-order valence-corrected chi connectivity index (χ1v) is 8.31. The number of hydrogen-bond acceptors (Lipinski definition) is 4. The summed E-state index contributed by atoms with van der Waals surface area (Å²) in [5, 5.41) is 3.08. The van der Waals surface area contributed by atoms with Crippen molar-refractivity contribution < 1.29 is 23.0 Å². The number of methoxy groups -OCH3 is 2. The van der Waals surface area contributed by atoms with Crippen molar-refractivity contribution in [3.63, 3.8) is 0 Å². The highest BCUT2D eigenvalue weighted by molar-refractivity contribution is 6.35. The van der Waals surface area contributed by atoms with E-state index in [0.717, 1.165) is 0 Å². The number of anilines is 1. The van der Waals surface area contributed by atoms with Gasteiger partial charge in [0.05, 0.1) is 25.8 Å². The van der Waals surface area contributed by atoms with Gasteiger partial charge in [0.25, 0.3) is 0 Å². The Balaban J connectivity index is 2.18. The average Bonchev–Trinajstić information content (AvgIpc) is 2.62. The molecule has 0 heterocycles. The number of hydrogen-bond donors (Lipinski definition) is 2. The van der Waals surface area contributed by atoms with E-state index in [1.807, 2.05) is 0 Å². The number of rotatable bonds is 7. The highest BCUT2D eigenvalue weighted by Gasteiger charge is 2.15. The first-order chi connectivity index (χ1) is 12.8. The minimum absolute atomic E-state index is 0.0422. The molecule has 6 nitrogen and oxygen atoms in total. The van der Waals surface area contributed by atoms with Gasteiger partial charge in [0.15, 0.2) is 17.5 Å². The number of alkyl halides is 2. The highest BCUT2D eigenvalue weighted by atomic mass is 35.5. The zero-order chi connectivity index (χ0) is 20.0. The first kappa shape index (κ1) is 20.9. The normalized spacial score (nSPS) is 11.4. The predicted octanol–water partition coefficient (Wildman–Crippen LogP) is 4.54. The van der Waals surface area contributed by atoms with Crippen LogP contribution in [-0.4, -0.2) is 26.8 Å². The Labute approximate surface area is 164 Å². The maximum Gasteiger partial charge on any atom is 0.387 e. The van der Waals surface area contributed by atoms with Crippen LogP contribution >= 0.6 is 23.2 Å². The van der Waals surface area contributed by atoms with E-state index in [2.05, 4.69) is 15.0 Å². The van der Waals surface area contributed by atoms with Crippen molar-refractivity contribution in [2.24, 2.45) is 10.7 Å². The number of ether oxygens (including phenoxy) is 3. The van der Waals surface area contributed by atoms with Crippen LogP contribution in [0.2, 0.25) is 10.0 Å². The summed E-state index contributed by atoms with van der Waals surface area (Å²) in [6.07, 6.45) is 0. The van der Waals surface area contributed by atoms with Crippen molar-refractivity contribution in [3.8, 4) is 17.2 Å². The van der Waals surface area contributed by atoms with Gasteiger partial charge in [-0.15, -0.1) is 0 Å². The number of nitrogens with one attached hydrogen (secondary N) is 1. The Kier molecular flexibility index (Phi) is 7.32. The molecule has 2 aromatic rings. The third kappa shape index (κ3) is 5.77. The van der Waals surface area contributed by atoms with E-state index in [-0.39, 0.29) is 33.9 Å². The van der Waals surface area contributed by atoms with Crippen molar-refractivity contribution in [1.29, 1.82) is 0 Å². The lowest BCUT2D eigenvalue weighted by molar-refractivity contribution is -0.0503. The lowest BCUT2D eigenvalue weighted by atomic mass is 10.2. The lowest BCUT2D eigenvalue weighted by Gasteiger charge is -2.13. The van der Waals surface area contributed by atoms with Crippen LogP contribution in [-0.2, 0) is 6.54 Å². The topological polar surface area (TPSA) is 78.1 Å². The third-order valence-electron chi connectivity index (χ3n) is 3.37. The lowest BCUT2D eigenvalue weighted by Crippen LogP contribution is -2.22. The minimum Gasteiger partial charge on any atom is -0.493 e. The molecule has 10 heteroatoms. The summed E-state index contributed by atoms with van der Waals surface area (Å²) in [6, 6.07) is 7.81. The predicted molar refractivity (Wildman–Crippen MR) is 102 cm³/mol. The highest BCUT2D eigenvalue weighted by Crippen LogP contribution is 2.34. The zero-order valence-corrected chi connectivity index (χ0v) is 15.9. The monoisotopic (exact) mass is 419 g/mol. The van der Waals surface area contributed by atoms with E-state index in [4.69, 9.17) is 38.4 Å². The Morgan fingerprint density at radius 2 is 1.85 bits per heavy atom. The number of benzene rings is 2. The maximum absolute atomic E-state index is 12.6. The molecule has 2 rings (SSSR count). The van der Waals surface area contributed by atoms with Gasteiger partial charge in [0.2, 0.25) is 0 Å². The Bertz CT molecular complexity index is 835. The summed E-state index contributed by atoms with van der Waals surface area (Å²) in [7, 11) is 3.03. The van der Waals surface area contributed by atoms with E-state index in [0.29, 0.717) is 17.2 Å². The zero-order valence-electron chi connectivity index (χ0n) is 14.4. The van der Waals surface area contributed by atoms with Crippen LogP contribution in [0.15, 0.2) is 35.3 Å². The summed E-state index contributed by atoms with van der Waals surface area (Å²) in [5.41, 5.74) is 6.72. The molecule has 0 aliphatic heterocycles. The summed E-state index contributed by atoms with van der Waals surface area (Å²) < 4.78 is 40.0. The third-order valence-corrected chi connectivity index (χ3v) is 3.87. The summed E-state index contributed by atoms with van der Waals surface area (Å²) in [5.74, 6) is 0.908. The average molecular weight is 420 g/mol.